The number of sulfonamides is 1. The minimum atomic E-state index is -3.91. The summed E-state index contributed by atoms with van der Waals surface area (Å²) < 4.78 is 56.3. The lowest BCUT2D eigenvalue weighted by molar-refractivity contribution is -0.0498. The van der Waals surface area contributed by atoms with Crippen molar-refractivity contribution in [2.45, 2.75) is 31.8 Å². The van der Waals surface area contributed by atoms with Crippen molar-refractivity contribution in [1.29, 1.82) is 0 Å². The number of hydrogen-bond acceptors (Lipinski definition) is 3. The molecule has 0 unspecified atom stereocenters. The smallest absolute Gasteiger partial charge is 0.387 e. The average molecular weight is 376 g/mol. The molecular formula is C16H16ClF2NO3S. The third kappa shape index (κ3) is 4.15. The van der Waals surface area contributed by atoms with Gasteiger partial charge in [0.2, 0.25) is 0 Å². The van der Waals surface area contributed by atoms with Crippen LogP contribution < -0.4 is 9.46 Å². The van der Waals surface area contributed by atoms with Crippen molar-refractivity contribution in [2.24, 2.45) is 0 Å². The van der Waals surface area contributed by atoms with E-state index >= 15 is 0 Å². The highest BCUT2D eigenvalue weighted by Crippen LogP contribution is 2.30. The zero-order chi connectivity index (χ0) is 17.9. The fraction of sp³-hybridized carbons (Fsp3) is 0.250. The first-order valence-electron chi connectivity index (χ1n) is 7.10. The number of nitrogens with one attached hydrogen (secondary N) is 1. The standard InChI is InChI=1S/C16H16ClF2NO3S/c1-3-11-6-4-5-10(2)15(11)20-24(21,22)12-7-8-14(13(17)9-12)23-16(18)19/h4-9,16,20H,3H2,1-2H3. The number of ether oxygens (including phenoxy) is 1. The number of hydrogen-bond donors (Lipinski definition) is 1. The van der Waals surface area contributed by atoms with Gasteiger partial charge in [-0.25, -0.2) is 8.42 Å². The molecule has 1 N–H and O–H groups in total. The summed E-state index contributed by atoms with van der Waals surface area (Å²) in [6.07, 6.45) is 0.654. The maximum atomic E-state index is 12.5. The Morgan fingerprint density at radius 2 is 1.96 bits per heavy atom. The second-order valence-corrected chi connectivity index (χ2v) is 7.13. The molecule has 0 saturated heterocycles. The summed E-state index contributed by atoms with van der Waals surface area (Å²) in [5.74, 6) is -0.282. The summed E-state index contributed by atoms with van der Waals surface area (Å²) in [6.45, 7) is 0.672. The number of para-hydroxylation sites is 1. The largest absolute Gasteiger partial charge is 0.433 e. The van der Waals surface area contributed by atoms with E-state index in [0.717, 1.165) is 29.3 Å². The molecule has 0 fully saturated rings. The molecule has 0 spiro atoms. The van der Waals surface area contributed by atoms with E-state index in [0.29, 0.717) is 12.1 Å². The molecule has 0 aromatic heterocycles. The maximum Gasteiger partial charge on any atom is 0.387 e. The van der Waals surface area contributed by atoms with Crippen LogP contribution in [0.2, 0.25) is 5.02 Å². The Hall–Kier alpha value is -1.86. The SMILES string of the molecule is CCc1cccc(C)c1NS(=O)(=O)c1ccc(OC(F)F)c(Cl)c1. The van der Waals surface area contributed by atoms with Gasteiger partial charge in [0.05, 0.1) is 15.6 Å². The van der Waals surface area contributed by atoms with Crippen molar-refractivity contribution in [3.63, 3.8) is 0 Å². The van der Waals surface area contributed by atoms with E-state index in [4.69, 9.17) is 11.6 Å². The van der Waals surface area contributed by atoms with Crippen LogP contribution in [0.1, 0.15) is 18.1 Å². The molecule has 0 aliphatic carbocycles. The van der Waals surface area contributed by atoms with Crippen molar-refractivity contribution >= 4 is 27.3 Å². The Labute approximate surface area is 144 Å². The van der Waals surface area contributed by atoms with Crippen LogP contribution in [-0.4, -0.2) is 15.0 Å². The molecule has 0 aliphatic rings. The number of benzene rings is 2. The number of halogens is 3. The van der Waals surface area contributed by atoms with Gasteiger partial charge in [-0.05, 0) is 42.7 Å². The molecule has 8 heteroatoms. The molecule has 2 aromatic carbocycles. The number of anilines is 1. The minimum Gasteiger partial charge on any atom is -0.433 e. The normalized spacial score (nSPS) is 11.6. The second kappa shape index (κ2) is 7.36. The van der Waals surface area contributed by atoms with Gasteiger partial charge in [-0.1, -0.05) is 36.7 Å². The quantitative estimate of drug-likeness (QED) is 0.801. The van der Waals surface area contributed by atoms with E-state index < -0.39 is 16.6 Å². The Morgan fingerprint density at radius 1 is 1.25 bits per heavy atom. The van der Waals surface area contributed by atoms with Gasteiger partial charge in [0.1, 0.15) is 5.75 Å². The van der Waals surface area contributed by atoms with Gasteiger partial charge in [0.25, 0.3) is 10.0 Å². The van der Waals surface area contributed by atoms with Crippen molar-refractivity contribution in [3.8, 4) is 5.75 Å². The molecule has 2 rings (SSSR count). The lowest BCUT2D eigenvalue weighted by atomic mass is 10.1. The van der Waals surface area contributed by atoms with Crippen molar-refractivity contribution < 1.29 is 21.9 Å². The molecule has 0 amide bonds. The zero-order valence-electron chi connectivity index (χ0n) is 13.0. The van der Waals surface area contributed by atoms with E-state index in [2.05, 4.69) is 9.46 Å². The summed E-state index contributed by atoms with van der Waals surface area (Å²) in [7, 11) is -3.91. The lowest BCUT2D eigenvalue weighted by Gasteiger charge is -2.15. The maximum absolute atomic E-state index is 12.5. The van der Waals surface area contributed by atoms with Gasteiger partial charge in [-0.2, -0.15) is 8.78 Å². The van der Waals surface area contributed by atoms with E-state index in [1.54, 1.807) is 13.0 Å². The Kier molecular flexibility index (Phi) is 5.66. The van der Waals surface area contributed by atoms with Gasteiger partial charge in [-0.3, -0.25) is 4.72 Å². The van der Waals surface area contributed by atoms with Crippen molar-refractivity contribution in [1.82, 2.24) is 0 Å². The molecule has 2 aromatic rings. The number of rotatable bonds is 6. The van der Waals surface area contributed by atoms with Crippen molar-refractivity contribution in [2.75, 3.05) is 4.72 Å². The van der Waals surface area contributed by atoms with Crippen LogP contribution in [0.3, 0.4) is 0 Å². The molecule has 0 heterocycles. The third-order valence-corrected chi connectivity index (χ3v) is 5.05. The van der Waals surface area contributed by atoms with Gasteiger partial charge in [0.15, 0.2) is 0 Å². The molecular weight excluding hydrogens is 360 g/mol. The molecule has 0 saturated carbocycles. The molecule has 0 bridgehead atoms. The van der Waals surface area contributed by atoms with E-state index in [-0.39, 0.29) is 15.7 Å². The molecule has 0 atom stereocenters. The monoisotopic (exact) mass is 375 g/mol. The predicted octanol–water partition coefficient (Wildman–Crippen LogP) is 4.61. The van der Waals surface area contributed by atoms with E-state index in [1.807, 2.05) is 19.1 Å². The lowest BCUT2D eigenvalue weighted by Crippen LogP contribution is -2.15. The van der Waals surface area contributed by atoms with Gasteiger partial charge in [0, 0.05) is 0 Å². The fourth-order valence-electron chi connectivity index (χ4n) is 2.20. The van der Waals surface area contributed by atoms with Gasteiger partial charge in [-0.15, -0.1) is 0 Å². The highest BCUT2D eigenvalue weighted by molar-refractivity contribution is 7.92. The molecule has 24 heavy (non-hydrogen) atoms. The summed E-state index contributed by atoms with van der Waals surface area (Å²) in [5, 5.41) is -0.210. The third-order valence-electron chi connectivity index (χ3n) is 3.41. The van der Waals surface area contributed by atoms with Crippen LogP contribution in [0.15, 0.2) is 41.3 Å². The summed E-state index contributed by atoms with van der Waals surface area (Å²) >= 11 is 5.82. The first-order valence-corrected chi connectivity index (χ1v) is 8.96. The fourth-order valence-corrected chi connectivity index (χ4v) is 3.69. The van der Waals surface area contributed by atoms with Crippen LogP contribution in [-0.2, 0) is 16.4 Å². The Morgan fingerprint density at radius 3 is 2.54 bits per heavy atom. The van der Waals surface area contributed by atoms with Crippen molar-refractivity contribution in [3.05, 3.63) is 52.5 Å². The van der Waals surface area contributed by atoms with E-state index in [9.17, 15) is 17.2 Å². The van der Waals surface area contributed by atoms with Gasteiger partial charge < -0.3 is 4.74 Å². The summed E-state index contributed by atoms with van der Waals surface area (Å²) in [4.78, 5) is -0.139. The molecule has 0 radical (unpaired) electrons. The zero-order valence-corrected chi connectivity index (χ0v) is 14.6. The van der Waals surface area contributed by atoms with Crippen LogP contribution in [0, 0.1) is 6.92 Å². The first kappa shape index (κ1) is 18.5. The molecule has 0 aliphatic heterocycles. The van der Waals surface area contributed by atoms with Crippen LogP contribution >= 0.6 is 11.6 Å². The topological polar surface area (TPSA) is 55.4 Å². The van der Waals surface area contributed by atoms with Crippen LogP contribution in [0.4, 0.5) is 14.5 Å². The predicted molar refractivity (Wildman–Crippen MR) is 89.4 cm³/mol. The Bertz CT molecular complexity index is 841. The Balaban J connectivity index is 2.37. The summed E-state index contributed by atoms with van der Waals surface area (Å²) in [6, 6.07) is 8.81. The minimum absolute atomic E-state index is 0.139. The number of alkyl halides is 2. The van der Waals surface area contributed by atoms with Crippen LogP contribution in [0.5, 0.6) is 5.75 Å². The average Bonchev–Trinajstić information content (AvgIpc) is 2.50. The highest BCUT2D eigenvalue weighted by Gasteiger charge is 2.19. The van der Waals surface area contributed by atoms with E-state index in [1.165, 1.54) is 0 Å². The second-order valence-electron chi connectivity index (χ2n) is 5.04. The van der Waals surface area contributed by atoms with Gasteiger partial charge >= 0.3 is 6.61 Å². The first-order chi connectivity index (χ1) is 11.2. The summed E-state index contributed by atoms with van der Waals surface area (Å²) in [5.41, 5.74) is 2.13. The highest BCUT2D eigenvalue weighted by atomic mass is 35.5. The molecule has 4 nitrogen and oxygen atoms in total. The number of aryl methyl sites for hydroxylation is 2. The molecule has 130 valence electrons. The van der Waals surface area contributed by atoms with Crippen LogP contribution in [0.25, 0.3) is 0 Å².